The summed E-state index contributed by atoms with van der Waals surface area (Å²) in [5.41, 5.74) is 1.53. The average Bonchev–Trinajstić information content (AvgIpc) is 2.60. The van der Waals surface area contributed by atoms with Gasteiger partial charge in [0.1, 0.15) is 0 Å². The Labute approximate surface area is 162 Å². The van der Waals surface area contributed by atoms with Crippen LogP contribution in [-0.2, 0) is 4.79 Å². The van der Waals surface area contributed by atoms with Gasteiger partial charge in [-0.25, -0.2) is 0 Å². The second-order valence-corrected chi connectivity index (χ2v) is 7.23. The molecule has 1 saturated heterocycles. The van der Waals surface area contributed by atoms with Crippen molar-refractivity contribution in [1.29, 1.82) is 0 Å². The van der Waals surface area contributed by atoms with E-state index >= 15 is 0 Å². The summed E-state index contributed by atoms with van der Waals surface area (Å²) in [5.74, 6) is -0.0869. The van der Waals surface area contributed by atoms with Crippen LogP contribution >= 0.6 is 34.8 Å². The van der Waals surface area contributed by atoms with Crippen molar-refractivity contribution in [2.45, 2.75) is 0 Å². The first-order valence-corrected chi connectivity index (χ1v) is 9.25. The highest BCUT2D eigenvalue weighted by atomic mass is 35.5. The standard InChI is InChI=1S/C18H18Cl3N3O/c19-13-4-1-2-7-16(13)24-10-8-23(9-11-24)12-17(25)22-18-14(20)5-3-6-15(18)21/h1-7H,8-12H2,(H,22,25)/p+1. The molecule has 2 N–H and O–H groups in total. The molecule has 1 fully saturated rings. The molecule has 0 atom stereocenters. The minimum absolute atomic E-state index is 0.0869. The number of carbonyl (C=O) groups excluding carboxylic acids is 1. The molecule has 132 valence electrons. The summed E-state index contributed by atoms with van der Waals surface area (Å²) >= 11 is 18.4. The van der Waals surface area contributed by atoms with Crippen molar-refractivity contribution in [2.24, 2.45) is 0 Å². The number of hydrogen-bond acceptors (Lipinski definition) is 2. The quantitative estimate of drug-likeness (QED) is 0.829. The van der Waals surface area contributed by atoms with Gasteiger partial charge in [-0.2, -0.15) is 0 Å². The summed E-state index contributed by atoms with van der Waals surface area (Å²) in [6, 6.07) is 13.0. The molecule has 0 spiro atoms. The largest absolute Gasteiger partial charge is 0.359 e. The highest BCUT2D eigenvalue weighted by Gasteiger charge is 2.23. The fourth-order valence-electron chi connectivity index (χ4n) is 2.98. The first kappa shape index (κ1) is 18.3. The molecule has 0 saturated carbocycles. The monoisotopic (exact) mass is 398 g/mol. The highest BCUT2D eigenvalue weighted by molar-refractivity contribution is 6.39. The Morgan fingerprint density at radius 2 is 1.56 bits per heavy atom. The van der Waals surface area contributed by atoms with Gasteiger partial charge in [-0.1, -0.05) is 53.0 Å². The van der Waals surface area contributed by atoms with Gasteiger partial charge in [0.05, 0.1) is 52.6 Å². The van der Waals surface area contributed by atoms with E-state index in [9.17, 15) is 4.79 Å². The number of nitrogens with one attached hydrogen (secondary N) is 2. The van der Waals surface area contributed by atoms with E-state index in [1.54, 1.807) is 18.2 Å². The summed E-state index contributed by atoms with van der Waals surface area (Å²) in [6.45, 7) is 3.85. The molecule has 0 aliphatic carbocycles. The van der Waals surface area contributed by atoms with Gasteiger partial charge in [0.25, 0.3) is 5.91 Å². The lowest BCUT2D eigenvalue weighted by Crippen LogP contribution is -3.15. The van der Waals surface area contributed by atoms with Crippen LogP contribution in [0, 0.1) is 0 Å². The number of amides is 1. The maximum atomic E-state index is 12.3. The van der Waals surface area contributed by atoms with Crippen molar-refractivity contribution < 1.29 is 9.69 Å². The summed E-state index contributed by atoms with van der Waals surface area (Å²) < 4.78 is 0. The van der Waals surface area contributed by atoms with E-state index < -0.39 is 0 Å². The molecular weight excluding hydrogens is 381 g/mol. The molecule has 0 bridgehead atoms. The molecule has 7 heteroatoms. The number of para-hydroxylation sites is 2. The van der Waals surface area contributed by atoms with E-state index in [0.29, 0.717) is 22.3 Å². The lowest BCUT2D eigenvalue weighted by Gasteiger charge is -2.33. The van der Waals surface area contributed by atoms with Crippen molar-refractivity contribution in [1.82, 2.24) is 0 Å². The van der Waals surface area contributed by atoms with Crippen LogP contribution in [0.1, 0.15) is 0 Å². The smallest absolute Gasteiger partial charge is 0.279 e. The number of hydrogen-bond donors (Lipinski definition) is 2. The second kappa shape index (κ2) is 8.28. The Morgan fingerprint density at radius 3 is 2.20 bits per heavy atom. The van der Waals surface area contributed by atoms with E-state index in [-0.39, 0.29) is 5.91 Å². The number of halogens is 3. The number of nitrogens with zero attached hydrogens (tertiary/aromatic N) is 1. The van der Waals surface area contributed by atoms with Gasteiger partial charge in [0, 0.05) is 0 Å². The van der Waals surface area contributed by atoms with Gasteiger partial charge < -0.3 is 15.1 Å². The SMILES string of the molecule is O=C(C[NH+]1CCN(c2ccccc2Cl)CC1)Nc1c(Cl)cccc1Cl. The molecule has 0 radical (unpaired) electrons. The molecule has 0 aromatic heterocycles. The second-order valence-electron chi connectivity index (χ2n) is 6.01. The number of quaternary nitrogens is 1. The molecule has 4 nitrogen and oxygen atoms in total. The van der Waals surface area contributed by atoms with E-state index in [1.165, 1.54) is 4.90 Å². The molecule has 1 amide bonds. The molecule has 1 heterocycles. The fraction of sp³-hybridized carbons (Fsp3) is 0.278. The third kappa shape index (κ3) is 4.59. The Bertz CT molecular complexity index is 741. The first-order valence-electron chi connectivity index (χ1n) is 8.11. The molecule has 25 heavy (non-hydrogen) atoms. The van der Waals surface area contributed by atoms with Crippen LogP contribution in [0.2, 0.25) is 15.1 Å². The number of benzene rings is 2. The van der Waals surface area contributed by atoms with E-state index in [2.05, 4.69) is 10.2 Å². The normalized spacial score (nSPS) is 15.2. The molecule has 3 rings (SSSR count). The van der Waals surface area contributed by atoms with E-state index in [0.717, 1.165) is 36.9 Å². The van der Waals surface area contributed by atoms with Crippen molar-refractivity contribution in [3.63, 3.8) is 0 Å². The number of piperazine rings is 1. The summed E-state index contributed by atoms with van der Waals surface area (Å²) in [5, 5.41) is 4.47. The predicted molar refractivity (Wildman–Crippen MR) is 104 cm³/mol. The first-order chi connectivity index (χ1) is 12.0. The van der Waals surface area contributed by atoms with Gasteiger partial charge in [0.15, 0.2) is 6.54 Å². The predicted octanol–water partition coefficient (Wildman–Crippen LogP) is 2.99. The maximum absolute atomic E-state index is 12.3. The Hall–Kier alpha value is -1.46. The van der Waals surface area contributed by atoms with Crippen LogP contribution in [0.4, 0.5) is 11.4 Å². The van der Waals surface area contributed by atoms with Crippen molar-refractivity contribution in [3.8, 4) is 0 Å². The third-order valence-corrected chi connectivity index (χ3v) is 5.25. The third-order valence-electron chi connectivity index (χ3n) is 4.30. The lowest BCUT2D eigenvalue weighted by atomic mass is 10.2. The van der Waals surface area contributed by atoms with Gasteiger partial charge in [-0.05, 0) is 24.3 Å². The van der Waals surface area contributed by atoms with E-state index in [4.69, 9.17) is 34.8 Å². The molecule has 2 aromatic rings. The van der Waals surface area contributed by atoms with Crippen LogP contribution in [0.5, 0.6) is 0 Å². The Morgan fingerprint density at radius 1 is 0.960 bits per heavy atom. The zero-order valence-electron chi connectivity index (χ0n) is 13.6. The topological polar surface area (TPSA) is 36.8 Å². The molecule has 1 aliphatic heterocycles. The van der Waals surface area contributed by atoms with Crippen LogP contribution in [0.15, 0.2) is 42.5 Å². The summed E-state index contributed by atoms with van der Waals surface area (Å²) in [6.07, 6.45) is 0. The molecule has 1 aliphatic rings. The van der Waals surface area contributed by atoms with Crippen molar-refractivity contribution >= 4 is 52.1 Å². The van der Waals surface area contributed by atoms with Gasteiger partial charge in [-0.3, -0.25) is 4.79 Å². The van der Waals surface area contributed by atoms with Crippen LogP contribution in [0.3, 0.4) is 0 Å². The van der Waals surface area contributed by atoms with Gasteiger partial charge in [-0.15, -0.1) is 0 Å². The zero-order valence-corrected chi connectivity index (χ0v) is 15.8. The Kier molecular flexibility index (Phi) is 6.07. The van der Waals surface area contributed by atoms with Gasteiger partial charge >= 0.3 is 0 Å². The van der Waals surface area contributed by atoms with Crippen LogP contribution in [0.25, 0.3) is 0 Å². The Balaban J connectivity index is 1.54. The van der Waals surface area contributed by atoms with Crippen LogP contribution in [-0.4, -0.2) is 38.6 Å². The number of carbonyl (C=O) groups is 1. The average molecular weight is 400 g/mol. The lowest BCUT2D eigenvalue weighted by molar-refractivity contribution is -0.892. The highest BCUT2D eigenvalue weighted by Crippen LogP contribution is 2.29. The van der Waals surface area contributed by atoms with Crippen LogP contribution < -0.4 is 15.1 Å². The molecular formula is C18H19Cl3N3O+. The number of rotatable bonds is 4. The zero-order chi connectivity index (χ0) is 17.8. The molecule has 2 aromatic carbocycles. The number of anilines is 2. The minimum atomic E-state index is -0.0869. The summed E-state index contributed by atoms with van der Waals surface area (Å²) in [4.78, 5) is 15.8. The minimum Gasteiger partial charge on any atom is -0.359 e. The van der Waals surface area contributed by atoms with Crippen molar-refractivity contribution in [2.75, 3.05) is 42.9 Å². The van der Waals surface area contributed by atoms with E-state index in [1.807, 2.05) is 24.3 Å². The van der Waals surface area contributed by atoms with Crippen molar-refractivity contribution in [3.05, 3.63) is 57.5 Å². The van der Waals surface area contributed by atoms with Gasteiger partial charge in [0.2, 0.25) is 0 Å². The summed E-state index contributed by atoms with van der Waals surface area (Å²) in [7, 11) is 0. The fourth-order valence-corrected chi connectivity index (χ4v) is 3.72. The maximum Gasteiger partial charge on any atom is 0.279 e. The molecule has 0 unspecified atom stereocenters.